The molecule has 0 atom stereocenters. The van der Waals surface area contributed by atoms with Crippen molar-refractivity contribution in [1.29, 1.82) is 0 Å². The molecule has 128 valence electrons. The van der Waals surface area contributed by atoms with Crippen LogP contribution in [-0.2, 0) is 13.1 Å². The zero-order valence-corrected chi connectivity index (χ0v) is 14.2. The van der Waals surface area contributed by atoms with Gasteiger partial charge in [-0.25, -0.2) is 4.98 Å². The quantitative estimate of drug-likeness (QED) is 0.753. The SMILES string of the molecule is CN(Cc1nccn1Cc1ccccc1)C(=O)c1cc(C2CC2)[nH]n1. The lowest BCUT2D eigenvalue weighted by Crippen LogP contribution is -2.28. The van der Waals surface area contributed by atoms with Crippen LogP contribution >= 0.6 is 0 Å². The number of rotatable bonds is 6. The van der Waals surface area contributed by atoms with Crippen molar-refractivity contribution in [2.45, 2.75) is 31.8 Å². The molecule has 0 unspecified atom stereocenters. The van der Waals surface area contributed by atoms with E-state index in [0.29, 0.717) is 18.2 Å². The number of aromatic nitrogens is 4. The molecule has 1 N–H and O–H groups in total. The van der Waals surface area contributed by atoms with Gasteiger partial charge in [0.15, 0.2) is 0 Å². The van der Waals surface area contributed by atoms with E-state index in [1.807, 2.05) is 30.5 Å². The lowest BCUT2D eigenvalue weighted by atomic mass is 10.2. The van der Waals surface area contributed by atoms with Gasteiger partial charge in [-0.3, -0.25) is 9.89 Å². The van der Waals surface area contributed by atoms with Gasteiger partial charge in [-0.1, -0.05) is 30.3 Å². The average molecular weight is 335 g/mol. The summed E-state index contributed by atoms with van der Waals surface area (Å²) >= 11 is 0. The minimum Gasteiger partial charge on any atom is -0.333 e. The van der Waals surface area contributed by atoms with Crippen LogP contribution in [0, 0.1) is 0 Å². The van der Waals surface area contributed by atoms with E-state index in [4.69, 9.17) is 0 Å². The van der Waals surface area contributed by atoms with Crippen LogP contribution < -0.4 is 0 Å². The second-order valence-electron chi connectivity index (χ2n) is 6.60. The van der Waals surface area contributed by atoms with Crippen molar-refractivity contribution in [2.75, 3.05) is 7.05 Å². The van der Waals surface area contributed by atoms with E-state index < -0.39 is 0 Å². The van der Waals surface area contributed by atoms with E-state index >= 15 is 0 Å². The van der Waals surface area contributed by atoms with Crippen molar-refractivity contribution in [2.24, 2.45) is 0 Å². The second-order valence-corrected chi connectivity index (χ2v) is 6.60. The molecule has 0 saturated heterocycles. The summed E-state index contributed by atoms with van der Waals surface area (Å²) in [6.07, 6.45) is 6.09. The topological polar surface area (TPSA) is 66.8 Å². The van der Waals surface area contributed by atoms with Gasteiger partial charge in [0.05, 0.1) is 6.54 Å². The van der Waals surface area contributed by atoms with Crippen LogP contribution in [0.4, 0.5) is 0 Å². The van der Waals surface area contributed by atoms with Crippen LogP contribution in [0.2, 0.25) is 0 Å². The normalized spacial score (nSPS) is 13.8. The summed E-state index contributed by atoms with van der Waals surface area (Å²) in [5.74, 6) is 1.33. The number of aromatic amines is 1. The van der Waals surface area contributed by atoms with Crippen molar-refractivity contribution in [1.82, 2.24) is 24.6 Å². The Hall–Kier alpha value is -2.89. The molecule has 0 radical (unpaired) electrons. The van der Waals surface area contributed by atoms with Crippen LogP contribution in [0.25, 0.3) is 0 Å². The first-order chi connectivity index (χ1) is 12.2. The third-order valence-electron chi connectivity index (χ3n) is 4.56. The molecule has 25 heavy (non-hydrogen) atoms. The highest BCUT2D eigenvalue weighted by atomic mass is 16.2. The molecule has 0 bridgehead atoms. The van der Waals surface area contributed by atoms with Crippen molar-refractivity contribution in [3.05, 3.63) is 71.6 Å². The fourth-order valence-corrected chi connectivity index (χ4v) is 2.94. The lowest BCUT2D eigenvalue weighted by molar-refractivity contribution is 0.0774. The van der Waals surface area contributed by atoms with Crippen LogP contribution in [0.1, 0.15) is 46.3 Å². The van der Waals surface area contributed by atoms with Crippen LogP contribution in [0.5, 0.6) is 0 Å². The maximum absolute atomic E-state index is 12.6. The molecular formula is C19H21N5O. The van der Waals surface area contributed by atoms with Gasteiger partial charge in [0, 0.05) is 37.6 Å². The predicted molar refractivity (Wildman–Crippen MR) is 94.1 cm³/mol. The minimum absolute atomic E-state index is 0.0857. The van der Waals surface area contributed by atoms with E-state index in [1.165, 1.54) is 18.4 Å². The number of carbonyl (C=O) groups is 1. The molecule has 1 amide bonds. The average Bonchev–Trinajstić information content (AvgIpc) is 3.21. The Morgan fingerprint density at radius 1 is 1.32 bits per heavy atom. The molecule has 2 aromatic heterocycles. The molecule has 0 aliphatic heterocycles. The van der Waals surface area contributed by atoms with Crippen molar-refractivity contribution < 1.29 is 4.79 Å². The predicted octanol–water partition coefficient (Wildman–Crippen LogP) is 2.80. The summed E-state index contributed by atoms with van der Waals surface area (Å²) in [7, 11) is 1.79. The first-order valence-electron chi connectivity index (χ1n) is 8.55. The van der Waals surface area contributed by atoms with Gasteiger partial charge < -0.3 is 9.47 Å². The maximum atomic E-state index is 12.6. The number of nitrogens with zero attached hydrogens (tertiary/aromatic N) is 4. The molecular weight excluding hydrogens is 314 g/mol. The molecule has 6 nitrogen and oxygen atoms in total. The van der Waals surface area contributed by atoms with Crippen LogP contribution in [0.3, 0.4) is 0 Å². The van der Waals surface area contributed by atoms with Gasteiger partial charge in [0.25, 0.3) is 5.91 Å². The third-order valence-corrected chi connectivity index (χ3v) is 4.56. The Kier molecular flexibility index (Phi) is 4.09. The van der Waals surface area contributed by atoms with Gasteiger partial charge >= 0.3 is 0 Å². The van der Waals surface area contributed by atoms with E-state index in [1.54, 1.807) is 18.1 Å². The standard InChI is InChI=1S/C19H21N5O/c1-23(19(25)17-11-16(21-22-17)15-7-8-15)13-18-20-9-10-24(18)12-14-5-3-2-4-6-14/h2-6,9-11,15H,7-8,12-13H2,1H3,(H,21,22). The molecule has 1 aliphatic carbocycles. The fourth-order valence-electron chi connectivity index (χ4n) is 2.94. The number of H-pyrrole nitrogens is 1. The van der Waals surface area contributed by atoms with Gasteiger partial charge in [-0.05, 0) is 24.5 Å². The summed E-state index contributed by atoms with van der Waals surface area (Å²) < 4.78 is 2.07. The molecule has 1 saturated carbocycles. The Labute approximate surface area is 146 Å². The molecule has 3 aromatic rings. The summed E-state index contributed by atoms with van der Waals surface area (Å²) in [4.78, 5) is 18.7. The van der Waals surface area contributed by atoms with Gasteiger partial charge in [0.1, 0.15) is 11.5 Å². The number of carbonyl (C=O) groups excluding carboxylic acids is 1. The molecule has 4 rings (SSSR count). The highest BCUT2D eigenvalue weighted by molar-refractivity contribution is 5.92. The van der Waals surface area contributed by atoms with Gasteiger partial charge in [-0.15, -0.1) is 0 Å². The number of hydrogen-bond donors (Lipinski definition) is 1. The summed E-state index contributed by atoms with van der Waals surface area (Å²) in [5, 5.41) is 7.16. The van der Waals surface area contributed by atoms with Gasteiger partial charge in [0.2, 0.25) is 0 Å². The summed E-state index contributed by atoms with van der Waals surface area (Å²) in [6.45, 7) is 1.19. The van der Waals surface area contributed by atoms with Crippen molar-refractivity contribution in [3.8, 4) is 0 Å². The Balaban J connectivity index is 1.44. The van der Waals surface area contributed by atoms with Gasteiger partial charge in [-0.2, -0.15) is 5.10 Å². The Morgan fingerprint density at radius 3 is 2.88 bits per heavy atom. The number of amides is 1. The number of nitrogens with one attached hydrogen (secondary N) is 1. The van der Waals surface area contributed by atoms with E-state index in [-0.39, 0.29) is 5.91 Å². The highest BCUT2D eigenvalue weighted by Gasteiger charge is 2.27. The Bertz CT molecular complexity index is 863. The third kappa shape index (κ3) is 3.47. The van der Waals surface area contributed by atoms with Crippen molar-refractivity contribution >= 4 is 5.91 Å². The zero-order chi connectivity index (χ0) is 17.2. The first-order valence-corrected chi connectivity index (χ1v) is 8.55. The fraction of sp³-hybridized carbons (Fsp3) is 0.316. The monoisotopic (exact) mass is 335 g/mol. The largest absolute Gasteiger partial charge is 0.333 e. The summed E-state index contributed by atoms with van der Waals surface area (Å²) in [6, 6.07) is 12.1. The zero-order valence-electron chi connectivity index (χ0n) is 14.2. The van der Waals surface area contributed by atoms with E-state index in [0.717, 1.165) is 18.1 Å². The number of hydrogen-bond acceptors (Lipinski definition) is 3. The first kappa shape index (κ1) is 15.6. The van der Waals surface area contributed by atoms with E-state index in [9.17, 15) is 4.79 Å². The number of imidazole rings is 1. The van der Waals surface area contributed by atoms with Crippen molar-refractivity contribution in [3.63, 3.8) is 0 Å². The molecule has 1 fully saturated rings. The van der Waals surface area contributed by atoms with E-state index in [2.05, 4.69) is 31.9 Å². The highest BCUT2D eigenvalue weighted by Crippen LogP contribution is 2.39. The molecule has 2 heterocycles. The van der Waals surface area contributed by atoms with Crippen LogP contribution in [-0.4, -0.2) is 37.6 Å². The summed E-state index contributed by atoms with van der Waals surface area (Å²) in [5.41, 5.74) is 2.75. The molecule has 6 heteroatoms. The molecule has 1 aromatic carbocycles. The molecule has 0 spiro atoms. The van der Waals surface area contributed by atoms with Crippen LogP contribution in [0.15, 0.2) is 48.8 Å². The molecule has 1 aliphatic rings. The Morgan fingerprint density at radius 2 is 2.12 bits per heavy atom. The minimum atomic E-state index is -0.0857. The second kappa shape index (κ2) is 6.55. The maximum Gasteiger partial charge on any atom is 0.274 e. The number of benzene rings is 1. The smallest absolute Gasteiger partial charge is 0.274 e. The lowest BCUT2D eigenvalue weighted by Gasteiger charge is -2.16.